The SMILES string of the molecule is CCCCc1ccc(N2C[C@@H](C)Cn3c2nc2c3c(=O)n([C@@H](C)C(=O)OC)c(=O)n2C)cc1. The molecule has 176 valence electrons. The molecule has 0 aliphatic carbocycles. The van der Waals surface area contributed by atoms with Crippen LogP contribution >= 0.6 is 0 Å². The van der Waals surface area contributed by atoms with Crippen LogP contribution < -0.4 is 16.1 Å². The van der Waals surface area contributed by atoms with Gasteiger partial charge < -0.3 is 14.2 Å². The highest BCUT2D eigenvalue weighted by Gasteiger charge is 2.31. The third-order valence-corrected chi connectivity index (χ3v) is 6.39. The highest BCUT2D eigenvalue weighted by Crippen LogP contribution is 2.33. The van der Waals surface area contributed by atoms with E-state index in [2.05, 4.69) is 43.0 Å². The van der Waals surface area contributed by atoms with Crippen molar-refractivity contribution in [2.75, 3.05) is 18.6 Å². The number of aromatic nitrogens is 4. The number of anilines is 2. The number of hydrogen-bond acceptors (Lipinski definition) is 6. The van der Waals surface area contributed by atoms with Crippen molar-refractivity contribution in [2.45, 2.75) is 52.6 Å². The first kappa shape index (κ1) is 22.8. The predicted molar refractivity (Wildman–Crippen MR) is 127 cm³/mol. The van der Waals surface area contributed by atoms with Gasteiger partial charge in [0, 0.05) is 25.8 Å². The van der Waals surface area contributed by atoms with Crippen LogP contribution in [0.5, 0.6) is 0 Å². The van der Waals surface area contributed by atoms with Crippen LogP contribution in [0.15, 0.2) is 33.9 Å². The second-order valence-corrected chi connectivity index (χ2v) is 8.90. The van der Waals surface area contributed by atoms with Gasteiger partial charge in [0.15, 0.2) is 11.2 Å². The number of carbonyl (C=O) groups is 1. The zero-order valence-electron chi connectivity index (χ0n) is 19.9. The molecule has 0 radical (unpaired) electrons. The van der Waals surface area contributed by atoms with E-state index in [4.69, 9.17) is 9.72 Å². The molecule has 0 N–H and O–H groups in total. The summed E-state index contributed by atoms with van der Waals surface area (Å²) in [6, 6.07) is 7.41. The van der Waals surface area contributed by atoms with E-state index in [0.717, 1.165) is 36.1 Å². The molecular formula is C24H31N5O4. The van der Waals surface area contributed by atoms with Gasteiger partial charge in [-0.05, 0) is 43.4 Å². The molecule has 4 rings (SSSR count). The smallest absolute Gasteiger partial charge is 0.333 e. The zero-order chi connectivity index (χ0) is 23.9. The molecule has 0 fully saturated rings. The Bertz CT molecular complexity index is 1300. The summed E-state index contributed by atoms with van der Waals surface area (Å²) >= 11 is 0. The minimum Gasteiger partial charge on any atom is -0.467 e. The van der Waals surface area contributed by atoms with Crippen molar-refractivity contribution in [1.82, 2.24) is 18.7 Å². The predicted octanol–water partition coefficient (Wildman–Crippen LogP) is 2.76. The van der Waals surface area contributed by atoms with Crippen molar-refractivity contribution in [2.24, 2.45) is 13.0 Å². The van der Waals surface area contributed by atoms with Crippen LogP contribution in [0.1, 0.15) is 45.2 Å². The third-order valence-electron chi connectivity index (χ3n) is 6.39. The molecule has 0 unspecified atom stereocenters. The third kappa shape index (κ3) is 3.85. The first-order valence-electron chi connectivity index (χ1n) is 11.4. The van der Waals surface area contributed by atoms with Gasteiger partial charge in [0.05, 0.1) is 7.11 Å². The molecule has 0 saturated heterocycles. The van der Waals surface area contributed by atoms with Crippen LogP contribution in [0.25, 0.3) is 11.2 Å². The van der Waals surface area contributed by atoms with Gasteiger partial charge >= 0.3 is 11.7 Å². The number of unbranched alkanes of at least 4 members (excludes halogenated alkanes) is 1. The van der Waals surface area contributed by atoms with Crippen molar-refractivity contribution in [3.05, 3.63) is 50.7 Å². The van der Waals surface area contributed by atoms with Crippen molar-refractivity contribution >= 4 is 28.8 Å². The Morgan fingerprint density at radius 2 is 1.91 bits per heavy atom. The maximum Gasteiger partial charge on any atom is 0.333 e. The molecular weight excluding hydrogens is 422 g/mol. The lowest BCUT2D eigenvalue weighted by atomic mass is 10.1. The topological polar surface area (TPSA) is 91.4 Å². The number of aryl methyl sites for hydroxylation is 2. The van der Waals surface area contributed by atoms with Gasteiger partial charge in [0.1, 0.15) is 6.04 Å². The molecule has 0 bridgehead atoms. The molecule has 1 aliphatic heterocycles. The van der Waals surface area contributed by atoms with E-state index in [0.29, 0.717) is 23.7 Å². The van der Waals surface area contributed by atoms with Gasteiger partial charge in [0.2, 0.25) is 5.95 Å². The van der Waals surface area contributed by atoms with E-state index in [1.54, 1.807) is 7.05 Å². The van der Waals surface area contributed by atoms with E-state index in [-0.39, 0.29) is 5.92 Å². The summed E-state index contributed by atoms with van der Waals surface area (Å²) < 4.78 is 8.93. The van der Waals surface area contributed by atoms with E-state index in [9.17, 15) is 14.4 Å². The lowest BCUT2D eigenvalue weighted by molar-refractivity contribution is -0.144. The van der Waals surface area contributed by atoms with Crippen molar-refractivity contribution in [1.29, 1.82) is 0 Å². The number of methoxy groups -OCH3 is 1. The number of nitrogens with zero attached hydrogens (tertiary/aromatic N) is 5. The lowest BCUT2D eigenvalue weighted by Crippen LogP contribution is -2.44. The molecule has 3 aromatic rings. The van der Waals surface area contributed by atoms with E-state index in [1.165, 1.54) is 24.2 Å². The molecule has 0 saturated carbocycles. The monoisotopic (exact) mass is 453 g/mol. The van der Waals surface area contributed by atoms with Gasteiger partial charge in [0.25, 0.3) is 5.56 Å². The van der Waals surface area contributed by atoms with E-state index < -0.39 is 23.3 Å². The highest BCUT2D eigenvalue weighted by molar-refractivity contribution is 5.78. The van der Waals surface area contributed by atoms with Crippen LogP contribution in [-0.4, -0.2) is 38.3 Å². The Hall–Kier alpha value is -3.36. The summed E-state index contributed by atoms with van der Waals surface area (Å²) in [6.07, 6.45) is 3.35. The van der Waals surface area contributed by atoms with E-state index in [1.807, 2.05) is 4.57 Å². The van der Waals surface area contributed by atoms with Gasteiger partial charge in [-0.2, -0.15) is 4.98 Å². The molecule has 0 spiro atoms. The first-order valence-corrected chi connectivity index (χ1v) is 11.4. The Morgan fingerprint density at radius 1 is 1.21 bits per heavy atom. The van der Waals surface area contributed by atoms with Crippen molar-refractivity contribution in [3.63, 3.8) is 0 Å². The number of esters is 1. The zero-order valence-corrected chi connectivity index (χ0v) is 19.9. The van der Waals surface area contributed by atoms with Gasteiger partial charge in [-0.25, -0.2) is 14.2 Å². The quantitative estimate of drug-likeness (QED) is 0.533. The molecule has 9 nitrogen and oxygen atoms in total. The Labute approximate surface area is 192 Å². The molecule has 2 atom stereocenters. The fourth-order valence-corrected chi connectivity index (χ4v) is 4.53. The highest BCUT2D eigenvalue weighted by atomic mass is 16.5. The molecule has 9 heteroatoms. The minimum absolute atomic E-state index is 0.248. The normalized spacial score (nSPS) is 16.6. The number of ether oxygens (including phenoxy) is 1. The van der Waals surface area contributed by atoms with Crippen molar-refractivity contribution < 1.29 is 9.53 Å². The number of imidazole rings is 1. The molecule has 3 heterocycles. The number of fused-ring (bicyclic) bond motifs is 3. The molecule has 2 aromatic heterocycles. The summed E-state index contributed by atoms with van der Waals surface area (Å²) in [6.45, 7) is 7.13. The number of rotatable bonds is 6. The van der Waals surface area contributed by atoms with Crippen LogP contribution in [-0.2, 0) is 29.5 Å². The number of benzene rings is 1. The van der Waals surface area contributed by atoms with Crippen LogP contribution in [0.2, 0.25) is 0 Å². The summed E-state index contributed by atoms with van der Waals surface area (Å²) in [5, 5.41) is 0. The Kier molecular flexibility index (Phi) is 6.14. The van der Waals surface area contributed by atoms with Crippen molar-refractivity contribution in [3.8, 4) is 0 Å². The maximum absolute atomic E-state index is 13.5. The summed E-state index contributed by atoms with van der Waals surface area (Å²) in [7, 11) is 2.81. The molecule has 0 amide bonds. The molecule has 33 heavy (non-hydrogen) atoms. The Morgan fingerprint density at radius 3 is 2.55 bits per heavy atom. The summed E-state index contributed by atoms with van der Waals surface area (Å²) in [4.78, 5) is 45.4. The maximum atomic E-state index is 13.5. The molecule has 1 aromatic carbocycles. The average molecular weight is 454 g/mol. The van der Waals surface area contributed by atoms with Crippen LogP contribution in [0.3, 0.4) is 0 Å². The Balaban J connectivity index is 1.88. The van der Waals surface area contributed by atoms with Gasteiger partial charge in [-0.1, -0.05) is 32.4 Å². The van der Waals surface area contributed by atoms with Crippen LogP contribution in [0, 0.1) is 5.92 Å². The number of hydrogen-bond donors (Lipinski definition) is 0. The van der Waals surface area contributed by atoms with E-state index >= 15 is 0 Å². The van der Waals surface area contributed by atoms with Gasteiger partial charge in [-0.3, -0.25) is 9.36 Å². The largest absolute Gasteiger partial charge is 0.467 e. The second kappa shape index (κ2) is 8.88. The van der Waals surface area contributed by atoms with Gasteiger partial charge in [-0.15, -0.1) is 0 Å². The summed E-state index contributed by atoms with van der Waals surface area (Å²) in [5.74, 6) is 0.225. The lowest BCUT2D eigenvalue weighted by Gasteiger charge is -2.33. The fraction of sp³-hybridized carbons (Fsp3) is 0.500. The second-order valence-electron chi connectivity index (χ2n) is 8.90. The molecule has 1 aliphatic rings. The average Bonchev–Trinajstić information content (AvgIpc) is 3.20. The standard InChI is InChI=1S/C24H31N5O4/c1-6-7-8-17-9-11-18(12-10-17)27-13-15(2)14-28-19-20(25-23(27)28)26(4)24(32)29(21(19)30)16(3)22(31)33-5/h9-12,15-16H,6-8,13-14H2,1-5H3/t15-,16+/m1/s1. The van der Waals surface area contributed by atoms with Crippen LogP contribution in [0.4, 0.5) is 11.6 Å². The first-order chi connectivity index (χ1) is 15.8. The number of carbonyl (C=O) groups excluding carboxylic acids is 1. The summed E-state index contributed by atoms with van der Waals surface area (Å²) in [5.41, 5.74) is 1.79. The minimum atomic E-state index is -1.04. The fourth-order valence-electron chi connectivity index (χ4n) is 4.53.